The van der Waals surface area contributed by atoms with Gasteiger partial charge in [-0.25, -0.2) is 8.80 Å². The predicted molar refractivity (Wildman–Crippen MR) is 163 cm³/mol. The first-order chi connectivity index (χ1) is 16.4. The summed E-state index contributed by atoms with van der Waals surface area (Å²) in [6.07, 6.45) is 0. The zero-order valence-corrected chi connectivity index (χ0v) is 25.0. The van der Waals surface area contributed by atoms with Gasteiger partial charge in [-0.2, -0.15) is 50.8 Å². The Bertz CT molecular complexity index is 897. The summed E-state index contributed by atoms with van der Waals surface area (Å²) < 4.78 is 0. The fourth-order valence-electron chi connectivity index (χ4n) is 3.87. The third kappa shape index (κ3) is 7.98. The summed E-state index contributed by atoms with van der Waals surface area (Å²) in [5.41, 5.74) is 4.52. The molecule has 0 amide bonds. The molecule has 0 N–H and O–H groups in total. The van der Waals surface area contributed by atoms with Gasteiger partial charge in [0.2, 0.25) is 0 Å². The van der Waals surface area contributed by atoms with E-state index in [0.29, 0.717) is 15.7 Å². The Kier molecular flexibility index (Phi) is 11.2. The van der Waals surface area contributed by atoms with Crippen LogP contribution in [0, 0.1) is 0 Å². The van der Waals surface area contributed by atoms with Gasteiger partial charge in [-0.1, -0.05) is 131 Å². The fraction of sp³-hybridized carbons (Fsp3) is 0.400. The molecule has 0 unspecified atom stereocenters. The smallest absolute Gasteiger partial charge is 0.0160 e. The molecular weight excluding hydrogens is 485 g/mol. The van der Waals surface area contributed by atoms with Gasteiger partial charge in [-0.15, -0.1) is 0 Å². The van der Waals surface area contributed by atoms with Crippen LogP contribution >= 0.6 is 35.3 Å². The Morgan fingerprint density at radius 3 is 1.00 bits per heavy atom. The molecule has 0 bridgehead atoms. The van der Waals surface area contributed by atoms with Crippen LogP contribution in [0.4, 0.5) is 0 Å². The summed E-state index contributed by atoms with van der Waals surface area (Å²) in [5, 5.41) is 6.58. The number of rotatable bonds is 12. The third-order valence-corrected chi connectivity index (χ3v) is 12.1. The molecule has 0 radical (unpaired) electrons. The normalized spacial score (nSPS) is 11.6. The van der Waals surface area contributed by atoms with Crippen LogP contribution in [0.3, 0.4) is 0 Å². The molecule has 0 saturated carbocycles. The van der Waals surface area contributed by atoms with E-state index < -0.39 is 8.80 Å². The van der Waals surface area contributed by atoms with E-state index in [1.807, 2.05) is 0 Å². The van der Waals surface area contributed by atoms with Gasteiger partial charge in [0.1, 0.15) is 0 Å². The number of hydrogen-bond acceptors (Lipinski definition) is 3. The topological polar surface area (TPSA) is 0 Å². The maximum Gasteiger partial charge on any atom is 0.0160 e. The van der Waals surface area contributed by atoms with Gasteiger partial charge < -0.3 is 0 Å². The lowest BCUT2D eigenvalue weighted by Gasteiger charge is -2.39. The van der Waals surface area contributed by atoms with Crippen molar-refractivity contribution >= 4 is 59.6 Å². The fourth-order valence-corrected chi connectivity index (χ4v) is 9.69. The largest absolute Gasteiger partial charge is 0.218 e. The Hall–Kier alpha value is -1.07. The summed E-state index contributed by atoms with van der Waals surface area (Å²) in [7, 11) is -1.15. The van der Waals surface area contributed by atoms with E-state index in [0.717, 1.165) is 17.3 Å². The SMILES string of the molecule is CC(C)SCc1ccccc1[Si-](c1ccccc1CSC(C)C)c1ccccc1CSC(C)C. The molecule has 182 valence electrons. The number of thioether (sulfide) groups is 3. The molecule has 0 saturated heterocycles. The van der Waals surface area contributed by atoms with Crippen molar-refractivity contribution in [3.05, 3.63) is 89.5 Å². The van der Waals surface area contributed by atoms with E-state index in [4.69, 9.17) is 0 Å². The molecular formula is C30H39S3Si-. The van der Waals surface area contributed by atoms with Crippen molar-refractivity contribution in [2.75, 3.05) is 0 Å². The molecule has 3 aromatic carbocycles. The highest BCUT2D eigenvalue weighted by molar-refractivity contribution is 7.99. The van der Waals surface area contributed by atoms with E-state index in [-0.39, 0.29) is 0 Å². The van der Waals surface area contributed by atoms with Crippen LogP contribution in [0.2, 0.25) is 0 Å². The molecule has 0 fully saturated rings. The van der Waals surface area contributed by atoms with Crippen LogP contribution in [-0.2, 0) is 17.3 Å². The van der Waals surface area contributed by atoms with Gasteiger partial charge in [0, 0.05) is 17.3 Å². The quantitative estimate of drug-likeness (QED) is 0.183. The first-order valence-corrected chi connectivity index (χ1v) is 17.0. The first kappa shape index (κ1) is 27.5. The molecule has 0 aliphatic rings. The summed E-state index contributed by atoms with van der Waals surface area (Å²) >= 11 is 6.15. The van der Waals surface area contributed by atoms with Crippen molar-refractivity contribution in [2.45, 2.75) is 74.6 Å². The summed E-state index contributed by atoms with van der Waals surface area (Å²) in [5.74, 6) is 3.23. The van der Waals surface area contributed by atoms with E-state index in [1.54, 1.807) is 15.6 Å². The van der Waals surface area contributed by atoms with Crippen LogP contribution in [0.5, 0.6) is 0 Å². The third-order valence-electron chi connectivity index (χ3n) is 5.58. The van der Waals surface area contributed by atoms with Crippen LogP contribution < -0.4 is 15.6 Å². The molecule has 0 nitrogen and oxygen atoms in total. The van der Waals surface area contributed by atoms with Gasteiger partial charge >= 0.3 is 0 Å². The van der Waals surface area contributed by atoms with Crippen molar-refractivity contribution in [2.24, 2.45) is 0 Å². The Balaban J connectivity index is 2.17. The molecule has 4 heteroatoms. The van der Waals surface area contributed by atoms with E-state index in [9.17, 15) is 0 Å². The highest BCUT2D eigenvalue weighted by Crippen LogP contribution is 2.21. The van der Waals surface area contributed by atoms with Gasteiger partial charge in [-0.3, -0.25) is 0 Å². The average Bonchev–Trinajstić information content (AvgIpc) is 2.82. The molecule has 0 aliphatic heterocycles. The van der Waals surface area contributed by atoms with E-state index in [1.165, 1.54) is 16.7 Å². The van der Waals surface area contributed by atoms with Crippen molar-refractivity contribution in [1.29, 1.82) is 0 Å². The molecule has 3 aromatic rings. The van der Waals surface area contributed by atoms with Gasteiger partial charge in [0.25, 0.3) is 0 Å². The Labute approximate surface area is 222 Å². The van der Waals surface area contributed by atoms with Gasteiger partial charge in [0.15, 0.2) is 0 Å². The van der Waals surface area contributed by atoms with Crippen molar-refractivity contribution in [3.63, 3.8) is 0 Å². The molecule has 34 heavy (non-hydrogen) atoms. The first-order valence-electron chi connectivity index (χ1n) is 12.3. The summed E-state index contributed by atoms with van der Waals surface area (Å²) in [6, 6.07) is 27.8. The van der Waals surface area contributed by atoms with Gasteiger partial charge in [-0.05, 0) is 15.7 Å². The molecule has 0 atom stereocenters. The Morgan fingerprint density at radius 2 is 0.735 bits per heavy atom. The monoisotopic (exact) mass is 523 g/mol. The molecule has 0 aliphatic carbocycles. The molecule has 0 heterocycles. The van der Waals surface area contributed by atoms with Crippen LogP contribution in [0.15, 0.2) is 72.8 Å². The Morgan fingerprint density at radius 1 is 0.471 bits per heavy atom. The lowest BCUT2D eigenvalue weighted by molar-refractivity contribution is 1.11. The zero-order valence-electron chi connectivity index (χ0n) is 21.5. The van der Waals surface area contributed by atoms with Crippen LogP contribution in [0.1, 0.15) is 58.2 Å². The van der Waals surface area contributed by atoms with Gasteiger partial charge in [0.05, 0.1) is 0 Å². The lowest BCUT2D eigenvalue weighted by Crippen LogP contribution is -2.55. The van der Waals surface area contributed by atoms with Crippen LogP contribution in [-0.4, -0.2) is 24.5 Å². The second-order valence-electron chi connectivity index (χ2n) is 9.43. The molecule has 0 spiro atoms. The second kappa shape index (κ2) is 13.9. The summed E-state index contributed by atoms with van der Waals surface area (Å²) in [4.78, 5) is 0. The summed E-state index contributed by atoms with van der Waals surface area (Å²) in [6.45, 7) is 13.8. The van der Waals surface area contributed by atoms with E-state index in [2.05, 4.69) is 150 Å². The second-order valence-corrected chi connectivity index (χ2v) is 16.5. The van der Waals surface area contributed by atoms with Crippen molar-refractivity contribution in [1.82, 2.24) is 0 Å². The molecule has 0 aromatic heterocycles. The number of hydrogen-bond donors (Lipinski definition) is 0. The minimum absolute atomic E-state index is 0.633. The highest BCUT2D eigenvalue weighted by atomic mass is 32.2. The maximum absolute atomic E-state index is 2.42. The van der Waals surface area contributed by atoms with E-state index >= 15 is 0 Å². The average molecular weight is 524 g/mol. The zero-order chi connectivity index (χ0) is 24.5. The van der Waals surface area contributed by atoms with Crippen molar-refractivity contribution < 1.29 is 0 Å². The lowest BCUT2D eigenvalue weighted by atomic mass is 10.2. The standard InChI is InChI=1S/C30H39S3Si/c1-22(2)31-19-25-13-7-10-16-28(25)34(29-17-11-8-14-26(29)20-32-23(3)4)30-18-12-9-15-27(30)21-33-24(5)6/h7-18,22-24H,19-21H2,1-6H3/q-1. The van der Waals surface area contributed by atoms with Crippen LogP contribution in [0.25, 0.3) is 0 Å². The number of benzene rings is 3. The maximum atomic E-state index is 2.42. The minimum atomic E-state index is -1.15. The predicted octanol–water partition coefficient (Wildman–Crippen LogP) is 7.13. The van der Waals surface area contributed by atoms with Crippen molar-refractivity contribution in [3.8, 4) is 0 Å². The minimum Gasteiger partial charge on any atom is -0.218 e. The highest BCUT2D eigenvalue weighted by Gasteiger charge is 2.13. The molecule has 3 rings (SSSR count).